The van der Waals surface area contributed by atoms with E-state index in [1.165, 1.54) is 0 Å². The van der Waals surface area contributed by atoms with Gasteiger partial charge in [-0.05, 0) is 53.3 Å². The third-order valence-corrected chi connectivity index (χ3v) is 6.25. The van der Waals surface area contributed by atoms with Gasteiger partial charge < -0.3 is 15.2 Å². The maximum absolute atomic E-state index is 13.4. The van der Waals surface area contributed by atoms with Gasteiger partial charge in [-0.3, -0.25) is 4.79 Å². The van der Waals surface area contributed by atoms with Crippen LogP contribution in [0.15, 0.2) is 95.8 Å². The number of unbranched alkanes of at least 4 members (excludes halogenated alkanes) is 1. The summed E-state index contributed by atoms with van der Waals surface area (Å²) in [4.78, 5) is 25.9. The lowest BCUT2D eigenvalue weighted by Crippen LogP contribution is -2.33. The lowest BCUT2D eigenvalue weighted by Gasteiger charge is -2.16. The fourth-order valence-corrected chi connectivity index (χ4v) is 4.21. The number of anilines is 1. The first-order chi connectivity index (χ1) is 18.1. The first kappa shape index (κ1) is 25.5. The Morgan fingerprint density at radius 2 is 1.62 bits per heavy atom. The predicted molar refractivity (Wildman–Crippen MR) is 147 cm³/mol. The average Bonchev–Trinajstić information content (AvgIpc) is 2.94. The number of nitrogens with zero attached hydrogens (tertiary/aromatic N) is 2. The number of hydrogen-bond donors (Lipinski definition) is 2. The van der Waals surface area contributed by atoms with Crippen LogP contribution in [0.25, 0.3) is 11.1 Å². The molecule has 3 aromatic carbocycles. The summed E-state index contributed by atoms with van der Waals surface area (Å²) in [5.74, 6) is 0. The molecule has 0 aliphatic rings. The molecule has 0 radical (unpaired) electrons. The Labute approximate surface area is 217 Å². The molecule has 0 unspecified atom stereocenters. The molecule has 4 aromatic rings. The van der Waals surface area contributed by atoms with Crippen LogP contribution in [0.1, 0.15) is 42.1 Å². The van der Waals surface area contributed by atoms with E-state index in [0.29, 0.717) is 18.7 Å². The maximum Gasteiger partial charge on any atom is 0.319 e. The van der Waals surface area contributed by atoms with Crippen LogP contribution in [0.4, 0.5) is 10.5 Å². The van der Waals surface area contributed by atoms with Crippen molar-refractivity contribution in [3.63, 3.8) is 0 Å². The highest BCUT2D eigenvalue weighted by Crippen LogP contribution is 2.24. The highest BCUT2D eigenvalue weighted by Gasteiger charge is 2.13. The number of aryl methyl sites for hydroxylation is 1. The highest BCUT2D eigenvalue weighted by atomic mass is 16.2. The second-order valence-corrected chi connectivity index (χ2v) is 8.88. The minimum absolute atomic E-state index is 0.234. The zero-order valence-corrected chi connectivity index (χ0v) is 20.9. The normalized spacial score (nSPS) is 10.5. The molecule has 0 saturated carbocycles. The average molecular weight is 491 g/mol. The summed E-state index contributed by atoms with van der Waals surface area (Å²) in [5.41, 5.74) is 5.33. The lowest BCUT2D eigenvalue weighted by molar-refractivity contribution is 0.251. The van der Waals surface area contributed by atoms with Crippen molar-refractivity contribution in [2.45, 2.75) is 39.3 Å². The molecule has 1 aromatic heterocycles. The van der Waals surface area contributed by atoms with Gasteiger partial charge in [-0.25, -0.2) is 4.79 Å². The van der Waals surface area contributed by atoms with E-state index >= 15 is 0 Å². The summed E-state index contributed by atoms with van der Waals surface area (Å²) >= 11 is 0. The molecule has 0 spiro atoms. The second-order valence-electron chi connectivity index (χ2n) is 8.88. The monoisotopic (exact) mass is 490 g/mol. The van der Waals surface area contributed by atoms with Gasteiger partial charge in [0.1, 0.15) is 5.69 Å². The number of carbonyl (C=O) groups excluding carboxylic acids is 1. The minimum Gasteiger partial charge on any atom is -0.334 e. The number of hydrogen-bond acceptors (Lipinski definition) is 3. The van der Waals surface area contributed by atoms with Crippen molar-refractivity contribution in [1.82, 2.24) is 9.88 Å². The smallest absolute Gasteiger partial charge is 0.319 e. The number of benzene rings is 3. The van der Waals surface area contributed by atoms with E-state index in [4.69, 9.17) is 0 Å². The van der Waals surface area contributed by atoms with Crippen molar-refractivity contribution in [3.8, 4) is 17.2 Å². The molecular weight excluding hydrogens is 460 g/mol. The molecule has 4 rings (SSSR count). The van der Waals surface area contributed by atoms with E-state index < -0.39 is 6.03 Å². The first-order valence-corrected chi connectivity index (χ1v) is 12.5. The molecule has 0 bridgehead atoms. The standard InChI is InChI=1S/C31H30N4O2/c1-2-3-12-27-18-19-29(34-31(37)33-21-23-9-5-4-6-10-23)30(36)35(27)22-24-14-16-25(17-15-24)28-13-8-7-11-26(28)20-32/h4-11,13-19H,2-3,12,21-22H2,1H3,(H2,33,34,37). The van der Waals surface area contributed by atoms with Gasteiger partial charge in [-0.2, -0.15) is 5.26 Å². The Hall–Kier alpha value is -4.63. The third-order valence-electron chi connectivity index (χ3n) is 6.25. The number of aromatic nitrogens is 1. The molecule has 0 fully saturated rings. The van der Waals surface area contributed by atoms with Gasteiger partial charge in [0, 0.05) is 12.2 Å². The van der Waals surface area contributed by atoms with Crippen molar-refractivity contribution in [2.24, 2.45) is 0 Å². The number of carbonyl (C=O) groups is 1. The van der Waals surface area contributed by atoms with Gasteiger partial charge in [0.05, 0.1) is 18.2 Å². The molecule has 186 valence electrons. The van der Waals surface area contributed by atoms with Crippen LogP contribution in [0.2, 0.25) is 0 Å². The Morgan fingerprint density at radius 1 is 0.892 bits per heavy atom. The van der Waals surface area contributed by atoms with E-state index in [-0.39, 0.29) is 11.2 Å². The van der Waals surface area contributed by atoms with Gasteiger partial charge in [0.2, 0.25) is 0 Å². The zero-order chi connectivity index (χ0) is 26.0. The zero-order valence-electron chi connectivity index (χ0n) is 20.9. The third kappa shape index (κ3) is 6.53. The molecule has 0 aliphatic carbocycles. The predicted octanol–water partition coefficient (Wildman–Crippen LogP) is 6.10. The maximum atomic E-state index is 13.4. The van der Waals surface area contributed by atoms with Gasteiger partial charge in [0.25, 0.3) is 5.56 Å². The molecule has 37 heavy (non-hydrogen) atoms. The lowest BCUT2D eigenvalue weighted by atomic mass is 9.99. The van der Waals surface area contributed by atoms with Crippen LogP contribution >= 0.6 is 0 Å². The van der Waals surface area contributed by atoms with Crippen LogP contribution in [-0.2, 0) is 19.5 Å². The molecule has 2 amide bonds. The Bertz CT molecular complexity index is 1450. The molecule has 2 N–H and O–H groups in total. The van der Waals surface area contributed by atoms with Crippen LogP contribution in [0.3, 0.4) is 0 Å². The molecule has 0 saturated heterocycles. The number of nitrogens with one attached hydrogen (secondary N) is 2. The summed E-state index contributed by atoms with van der Waals surface area (Å²) < 4.78 is 1.74. The Kier molecular flexibility index (Phi) is 8.51. The van der Waals surface area contributed by atoms with Gasteiger partial charge in [-0.15, -0.1) is 0 Å². The summed E-state index contributed by atoms with van der Waals surface area (Å²) in [5, 5.41) is 14.9. The molecule has 0 atom stereocenters. The summed E-state index contributed by atoms with van der Waals surface area (Å²) in [6, 6.07) is 30.4. The minimum atomic E-state index is -0.422. The number of pyridine rings is 1. The van der Waals surface area contributed by atoms with E-state index in [1.54, 1.807) is 16.7 Å². The van der Waals surface area contributed by atoms with Crippen molar-refractivity contribution >= 4 is 11.7 Å². The highest BCUT2D eigenvalue weighted by molar-refractivity contribution is 5.89. The van der Waals surface area contributed by atoms with Crippen LogP contribution < -0.4 is 16.2 Å². The van der Waals surface area contributed by atoms with Crippen molar-refractivity contribution in [3.05, 3.63) is 124 Å². The van der Waals surface area contributed by atoms with E-state index in [9.17, 15) is 14.9 Å². The SMILES string of the molecule is CCCCc1ccc(NC(=O)NCc2ccccc2)c(=O)n1Cc1ccc(-c2ccccc2C#N)cc1. The Balaban J connectivity index is 1.54. The van der Waals surface area contributed by atoms with E-state index in [1.807, 2.05) is 78.9 Å². The fourth-order valence-electron chi connectivity index (χ4n) is 4.21. The second kappa shape index (κ2) is 12.4. The van der Waals surface area contributed by atoms with Crippen LogP contribution in [0.5, 0.6) is 0 Å². The first-order valence-electron chi connectivity index (χ1n) is 12.5. The van der Waals surface area contributed by atoms with E-state index in [2.05, 4.69) is 23.6 Å². The van der Waals surface area contributed by atoms with Gasteiger partial charge in [0.15, 0.2) is 0 Å². The van der Waals surface area contributed by atoms with Crippen molar-refractivity contribution in [1.29, 1.82) is 5.26 Å². The number of amides is 2. The number of urea groups is 1. The molecule has 1 heterocycles. The Morgan fingerprint density at radius 3 is 2.35 bits per heavy atom. The quantitative estimate of drug-likeness (QED) is 0.297. The topological polar surface area (TPSA) is 86.9 Å². The molecule has 0 aliphatic heterocycles. The van der Waals surface area contributed by atoms with Gasteiger partial charge >= 0.3 is 6.03 Å². The van der Waals surface area contributed by atoms with Crippen LogP contribution in [-0.4, -0.2) is 10.6 Å². The summed E-state index contributed by atoms with van der Waals surface area (Å²) in [7, 11) is 0. The largest absolute Gasteiger partial charge is 0.334 e. The van der Waals surface area contributed by atoms with Crippen molar-refractivity contribution < 1.29 is 4.79 Å². The summed E-state index contributed by atoms with van der Waals surface area (Å²) in [6.45, 7) is 2.88. The summed E-state index contributed by atoms with van der Waals surface area (Å²) in [6.07, 6.45) is 2.76. The number of rotatable bonds is 9. The number of nitriles is 1. The van der Waals surface area contributed by atoms with Crippen LogP contribution in [0, 0.1) is 11.3 Å². The molecular formula is C31H30N4O2. The van der Waals surface area contributed by atoms with Crippen molar-refractivity contribution in [2.75, 3.05) is 5.32 Å². The van der Waals surface area contributed by atoms with E-state index in [0.717, 1.165) is 47.2 Å². The molecule has 6 nitrogen and oxygen atoms in total. The van der Waals surface area contributed by atoms with Gasteiger partial charge in [-0.1, -0.05) is 86.1 Å². The fraction of sp³-hybridized carbons (Fsp3) is 0.194. The molecule has 6 heteroatoms.